The molecule has 0 atom stereocenters. The summed E-state index contributed by atoms with van der Waals surface area (Å²) in [5, 5.41) is 0. The number of benzene rings is 2. The molecule has 2 aromatic carbocycles. The van der Waals surface area contributed by atoms with E-state index in [0.29, 0.717) is 17.9 Å². The highest BCUT2D eigenvalue weighted by atomic mass is 16.5. The van der Waals surface area contributed by atoms with Crippen LogP contribution in [-0.2, 0) is 11.3 Å². The Bertz CT molecular complexity index is 558. The number of para-hydroxylation sites is 1. The van der Waals surface area contributed by atoms with E-state index in [-0.39, 0.29) is 5.97 Å². The maximum Gasteiger partial charge on any atom is 0.341 e. The van der Waals surface area contributed by atoms with Gasteiger partial charge < -0.3 is 9.47 Å². The molecule has 2 aromatic rings. The van der Waals surface area contributed by atoms with Gasteiger partial charge in [-0.25, -0.2) is 4.79 Å². The molecule has 0 saturated carbocycles. The van der Waals surface area contributed by atoms with E-state index in [9.17, 15) is 4.79 Å². The fourth-order valence-corrected chi connectivity index (χ4v) is 1.72. The standard InChI is InChI=1S/C16H16O3/c1-12-7-9-13(10-8-12)11-19-15-6-4-3-5-14(15)16(17)18-2/h3-10H,11H2,1-2H3. The summed E-state index contributed by atoms with van der Waals surface area (Å²) >= 11 is 0. The Balaban J connectivity index is 2.11. The number of hydrogen-bond acceptors (Lipinski definition) is 3. The van der Waals surface area contributed by atoms with E-state index < -0.39 is 0 Å². The van der Waals surface area contributed by atoms with Crippen molar-refractivity contribution in [1.82, 2.24) is 0 Å². The first-order chi connectivity index (χ1) is 9.20. The fraction of sp³-hybridized carbons (Fsp3) is 0.188. The van der Waals surface area contributed by atoms with Crippen molar-refractivity contribution in [3.63, 3.8) is 0 Å². The molecule has 0 radical (unpaired) electrons. The van der Waals surface area contributed by atoms with Crippen LogP contribution < -0.4 is 4.74 Å². The highest BCUT2D eigenvalue weighted by Gasteiger charge is 2.11. The Morgan fingerprint density at radius 2 is 1.74 bits per heavy atom. The second-order valence-corrected chi connectivity index (χ2v) is 4.26. The van der Waals surface area contributed by atoms with Gasteiger partial charge in [0, 0.05) is 0 Å². The summed E-state index contributed by atoms with van der Waals surface area (Å²) in [5.41, 5.74) is 2.71. The van der Waals surface area contributed by atoms with E-state index in [1.165, 1.54) is 12.7 Å². The van der Waals surface area contributed by atoms with Gasteiger partial charge in [-0.05, 0) is 24.6 Å². The third kappa shape index (κ3) is 3.35. The van der Waals surface area contributed by atoms with Crippen LogP contribution in [0, 0.1) is 6.92 Å². The summed E-state index contributed by atoms with van der Waals surface area (Å²) in [6, 6.07) is 15.2. The lowest BCUT2D eigenvalue weighted by atomic mass is 10.1. The van der Waals surface area contributed by atoms with Crippen LogP contribution in [0.25, 0.3) is 0 Å². The highest BCUT2D eigenvalue weighted by molar-refractivity contribution is 5.92. The number of esters is 1. The van der Waals surface area contributed by atoms with Crippen molar-refractivity contribution >= 4 is 5.97 Å². The molecule has 0 heterocycles. The van der Waals surface area contributed by atoms with E-state index in [0.717, 1.165) is 5.56 Å². The third-order valence-electron chi connectivity index (χ3n) is 2.81. The quantitative estimate of drug-likeness (QED) is 0.787. The normalized spacial score (nSPS) is 10.0. The molecule has 0 unspecified atom stereocenters. The Morgan fingerprint density at radius 1 is 1.05 bits per heavy atom. The van der Waals surface area contributed by atoms with Gasteiger partial charge in [0.15, 0.2) is 0 Å². The molecule has 98 valence electrons. The minimum atomic E-state index is -0.389. The maximum absolute atomic E-state index is 11.6. The van der Waals surface area contributed by atoms with Crippen LogP contribution >= 0.6 is 0 Å². The van der Waals surface area contributed by atoms with E-state index >= 15 is 0 Å². The van der Waals surface area contributed by atoms with Gasteiger partial charge in [0.1, 0.15) is 17.9 Å². The summed E-state index contributed by atoms with van der Waals surface area (Å²) in [4.78, 5) is 11.6. The van der Waals surface area contributed by atoms with Crippen LogP contribution in [0.15, 0.2) is 48.5 Å². The number of carbonyl (C=O) groups is 1. The first-order valence-electron chi connectivity index (χ1n) is 6.06. The lowest BCUT2D eigenvalue weighted by molar-refractivity contribution is 0.0595. The van der Waals surface area contributed by atoms with E-state index in [2.05, 4.69) is 0 Å². The predicted octanol–water partition coefficient (Wildman–Crippen LogP) is 3.36. The summed E-state index contributed by atoms with van der Waals surface area (Å²) in [7, 11) is 1.36. The van der Waals surface area contributed by atoms with Crippen LogP contribution in [0.3, 0.4) is 0 Å². The van der Waals surface area contributed by atoms with Gasteiger partial charge in [0.25, 0.3) is 0 Å². The molecule has 3 heteroatoms. The Hall–Kier alpha value is -2.29. The number of rotatable bonds is 4. The average molecular weight is 256 g/mol. The lowest BCUT2D eigenvalue weighted by Crippen LogP contribution is -2.05. The van der Waals surface area contributed by atoms with E-state index in [1.54, 1.807) is 18.2 Å². The topological polar surface area (TPSA) is 35.5 Å². The monoisotopic (exact) mass is 256 g/mol. The van der Waals surface area contributed by atoms with Crippen molar-refractivity contribution in [2.75, 3.05) is 7.11 Å². The summed E-state index contributed by atoms with van der Waals surface area (Å²) in [6.07, 6.45) is 0. The average Bonchev–Trinajstić information content (AvgIpc) is 2.46. The predicted molar refractivity (Wildman–Crippen MR) is 73.3 cm³/mol. The van der Waals surface area contributed by atoms with Crippen LogP contribution in [-0.4, -0.2) is 13.1 Å². The molecule has 0 aliphatic heterocycles. The maximum atomic E-state index is 11.6. The molecule has 0 aromatic heterocycles. The largest absolute Gasteiger partial charge is 0.488 e. The lowest BCUT2D eigenvalue weighted by Gasteiger charge is -2.10. The van der Waals surface area contributed by atoms with Crippen molar-refractivity contribution in [2.45, 2.75) is 13.5 Å². The Labute approximate surface area is 112 Å². The molecule has 3 nitrogen and oxygen atoms in total. The molecule has 0 amide bonds. The number of hydrogen-bond donors (Lipinski definition) is 0. The Morgan fingerprint density at radius 3 is 2.42 bits per heavy atom. The zero-order valence-electron chi connectivity index (χ0n) is 11.1. The third-order valence-corrected chi connectivity index (χ3v) is 2.81. The van der Waals surface area contributed by atoms with Crippen LogP contribution in [0.4, 0.5) is 0 Å². The number of carbonyl (C=O) groups excluding carboxylic acids is 1. The molecule has 0 spiro atoms. The van der Waals surface area contributed by atoms with Gasteiger partial charge in [-0.3, -0.25) is 0 Å². The van der Waals surface area contributed by atoms with Crippen molar-refractivity contribution in [1.29, 1.82) is 0 Å². The molecule has 0 bridgehead atoms. The molecule has 0 saturated heterocycles. The van der Waals surface area contributed by atoms with Gasteiger partial charge in [0.05, 0.1) is 7.11 Å². The minimum Gasteiger partial charge on any atom is -0.488 e. The highest BCUT2D eigenvalue weighted by Crippen LogP contribution is 2.20. The molecular weight excluding hydrogens is 240 g/mol. The van der Waals surface area contributed by atoms with Gasteiger partial charge >= 0.3 is 5.97 Å². The van der Waals surface area contributed by atoms with Gasteiger partial charge in [0.2, 0.25) is 0 Å². The summed E-state index contributed by atoms with van der Waals surface area (Å²) in [6.45, 7) is 2.46. The second-order valence-electron chi connectivity index (χ2n) is 4.26. The fourth-order valence-electron chi connectivity index (χ4n) is 1.72. The molecule has 2 rings (SSSR count). The van der Waals surface area contributed by atoms with Crippen molar-refractivity contribution in [2.24, 2.45) is 0 Å². The molecule has 0 N–H and O–H groups in total. The van der Waals surface area contributed by atoms with Gasteiger partial charge in [-0.1, -0.05) is 42.0 Å². The van der Waals surface area contributed by atoms with Crippen molar-refractivity contribution in [3.8, 4) is 5.75 Å². The zero-order valence-corrected chi connectivity index (χ0v) is 11.1. The Kier molecular flexibility index (Phi) is 4.18. The SMILES string of the molecule is COC(=O)c1ccccc1OCc1ccc(C)cc1. The molecule has 0 aliphatic rings. The number of methoxy groups -OCH3 is 1. The molecule has 0 fully saturated rings. The molecule has 0 aliphatic carbocycles. The van der Waals surface area contributed by atoms with Gasteiger partial charge in [-0.15, -0.1) is 0 Å². The summed E-state index contributed by atoms with van der Waals surface area (Å²) in [5.74, 6) is 0.148. The molecule has 19 heavy (non-hydrogen) atoms. The number of ether oxygens (including phenoxy) is 2. The molecular formula is C16H16O3. The van der Waals surface area contributed by atoms with Crippen molar-refractivity contribution in [3.05, 3.63) is 65.2 Å². The smallest absolute Gasteiger partial charge is 0.341 e. The van der Waals surface area contributed by atoms with E-state index in [4.69, 9.17) is 9.47 Å². The van der Waals surface area contributed by atoms with Crippen LogP contribution in [0.1, 0.15) is 21.5 Å². The zero-order chi connectivity index (χ0) is 13.7. The summed E-state index contributed by atoms with van der Waals surface area (Å²) < 4.78 is 10.4. The van der Waals surface area contributed by atoms with E-state index in [1.807, 2.05) is 37.3 Å². The van der Waals surface area contributed by atoms with Crippen LogP contribution in [0.5, 0.6) is 5.75 Å². The second kappa shape index (κ2) is 6.05. The van der Waals surface area contributed by atoms with Gasteiger partial charge in [-0.2, -0.15) is 0 Å². The number of aryl methyl sites for hydroxylation is 1. The first-order valence-corrected chi connectivity index (χ1v) is 6.06. The van der Waals surface area contributed by atoms with Crippen LogP contribution in [0.2, 0.25) is 0 Å². The minimum absolute atomic E-state index is 0.389. The first kappa shape index (κ1) is 13.1. The van der Waals surface area contributed by atoms with Crippen molar-refractivity contribution < 1.29 is 14.3 Å².